The number of nitrogens with two attached hydrogens (primary N) is 1. The predicted octanol–water partition coefficient (Wildman–Crippen LogP) is 6.33. The van der Waals surface area contributed by atoms with Gasteiger partial charge >= 0.3 is 0 Å². The minimum atomic E-state index is -0.0517. The van der Waals surface area contributed by atoms with Crippen LogP contribution in [0.25, 0.3) is 0 Å². The van der Waals surface area contributed by atoms with Crippen molar-refractivity contribution < 1.29 is 4.74 Å². The van der Waals surface area contributed by atoms with E-state index in [0.717, 1.165) is 14.5 Å². The van der Waals surface area contributed by atoms with Crippen LogP contribution < -0.4 is 10.5 Å². The summed E-state index contributed by atoms with van der Waals surface area (Å²) in [5.74, 6) is 1.15. The molecular weight excluding hydrogens is 429 g/mol. The number of rotatable bonds is 3. The summed E-state index contributed by atoms with van der Waals surface area (Å²) in [5.41, 5.74) is 6.87. The average molecular weight is 440 g/mol. The molecular formula is C14H11Br2Cl2NO. The Morgan fingerprint density at radius 2 is 1.75 bits per heavy atom. The number of hydrogen-bond acceptors (Lipinski definition) is 2. The maximum absolute atomic E-state index is 6.13. The summed E-state index contributed by atoms with van der Waals surface area (Å²) in [6.45, 7) is 1.92. The molecule has 0 saturated heterocycles. The molecule has 0 aliphatic carbocycles. The topological polar surface area (TPSA) is 35.2 Å². The van der Waals surface area contributed by atoms with Gasteiger partial charge in [-0.05, 0) is 46.6 Å². The van der Waals surface area contributed by atoms with Crippen molar-refractivity contribution in [2.75, 3.05) is 0 Å². The molecule has 0 aliphatic heterocycles. The van der Waals surface area contributed by atoms with Crippen LogP contribution in [-0.4, -0.2) is 0 Å². The first kappa shape index (κ1) is 16.1. The molecule has 0 aliphatic rings. The van der Waals surface area contributed by atoms with Crippen LogP contribution in [0.5, 0.6) is 11.5 Å². The Bertz CT molecular complexity index is 647. The summed E-state index contributed by atoms with van der Waals surface area (Å²) in [6, 6.07) is 8.93. The van der Waals surface area contributed by atoms with Crippen molar-refractivity contribution in [2.45, 2.75) is 13.0 Å². The monoisotopic (exact) mass is 437 g/mol. The molecule has 2 aromatic carbocycles. The summed E-state index contributed by atoms with van der Waals surface area (Å²) < 4.78 is 7.37. The molecule has 2 nitrogen and oxygen atoms in total. The Labute approximate surface area is 144 Å². The Hall–Kier alpha value is -0.260. The molecule has 106 valence electrons. The summed E-state index contributed by atoms with van der Waals surface area (Å²) >= 11 is 19.0. The average Bonchev–Trinajstić information content (AvgIpc) is 2.35. The minimum absolute atomic E-state index is 0.0517. The van der Waals surface area contributed by atoms with Gasteiger partial charge in [-0.1, -0.05) is 45.2 Å². The van der Waals surface area contributed by atoms with Crippen molar-refractivity contribution in [3.63, 3.8) is 0 Å². The second-order valence-corrected chi connectivity index (χ2v) is 6.79. The molecule has 1 unspecified atom stereocenters. The Morgan fingerprint density at radius 3 is 2.35 bits per heavy atom. The SMILES string of the molecule is CC(N)c1ccc(Oc2cc(Cl)c(Br)cc2Cl)cc1Br. The van der Waals surface area contributed by atoms with Crippen molar-refractivity contribution in [2.24, 2.45) is 5.73 Å². The van der Waals surface area contributed by atoms with Gasteiger partial charge < -0.3 is 10.5 Å². The molecule has 20 heavy (non-hydrogen) atoms. The molecule has 2 rings (SSSR count). The Kier molecular flexibility index (Phi) is 5.37. The van der Waals surface area contributed by atoms with Crippen LogP contribution in [0, 0.1) is 0 Å². The Balaban J connectivity index is 2.31. The van der Waals surface area contributed by atoms with Gasteiger partial charge in [-0.2, -0.15) is 0 Å². The van der Waals surface area contributed by atoms with Gasteiger partial charge in [0.2, 0.25) is 0 Å². The third kappa shape index (κ3) is 3.68. The molecule has 2 N–H and O–H groups in total. The van der Waals surface area contributed by atoms with Crippen LogP contribution in [0.15, 0.2) is 39.3 Å². The van der Waals surface area contributed by atoms with E-state index in [-0.39, 0.29) is 6.04 Å². The van der Waals surface area contributed by atoms with E-state index in [1.54, 1.807) is 12.1 Å². The molecule has 0 bridgehead atoms. The summed E-state index contributed by atoms with van der Waals surface area (Å²) in [4.78, 5) is 0. The lowest BCUT2D eigenvalue weighted by Crippen LogP contribution is -2.05. The van der Waals surface area contributed by atoms with Gasteiger partial charge in [-0.25, -0.2) is 0 Å². The number of halogens is 4. The molecule has 0 heterocycles. The normalized spacial score (nSPS) is 12.3. The molecule has 0 aromatic heterocycles. The smallest absolute Gasteiger partial charge is 0.147 e. The fraction of sp³-hybridized carbons (Fsp3) is 0.143. The second kappa shape index (κ2) is 6.67. The van der Waals surface area contributed by atoms with E-state index in [9.17, 15) is 0 Å². The van der Waals surface area contributed by atoms with Gasteiger partial charge in [0.05, 0.1) is 10.0 Å². The highest BCUT2D eigenvalue weighted by Crippen LogP contribution is 2.37. The lowest BCUT2D eigenvalue weighted by Gasteiger charge is -2.12. The summed E-state index contributed by atoms with van der Waals surface area (Å²) in [7, 11) is 0. The summed E-state index contributed by atoms with van der Waals surface area (Å²) in [6.07, 6.45) is 0. The fourth-order valence-corrected chi connectivity index (χ4v) is 3.20. The summed E-state index contributed by atoms with van der Waals surface area (Å²) in [5, 5.41) is 1.02. The van der Waals surface area contributed by atoms with Gasteiger partial charge in [-0.15, -0.1) is 0 Å². The molecule has 0 amide bonds. The van der Waals surface area contributed by atoms with Crippen LogP contribution in [0.3, 0.4) is 0 Å². The zero-order chi connectivity index (χ0) is 14.9. The van der Waals surface area contributed by atoms with Crippen molar-refractivity contribution in [1.29, 1.82) is 0 Å². The van der Waals surface area contributed by atoms with Gasteiger partial charge in [-0.3, -0.25) is 0 Å². The zero-order valence-corrected chi connectivity index (χ0v) is 15.1. The van der Waals surface area contributed by atoms with E-state index < -0.39 is 0 Å². The minimum Gasteiger partial charge on any atom is -0.456 e. The number of hydrogen-bond donors (Lipinski definition) is 1. The van der Waals surface area contributed by atoms with Crippen molar-refractivity contribution in [1.82, 2.24) is 0 Å². The molecule has 2 aromatic rings. The van der Waals surface area contributed by atoms with Crippen LogP contribution in [0.2, 0.25) is 10.0 Å². The lowest BCUT2D eigenvalue weighted by atomic mass is 10.1. The first-order valence-corrected chi connectivity index (χ1v) is 8.10. The molecule has 0 fully saturated rings. The highest BCUT2D eigenvalue weighted by Gasteiger charge is 2.10. The molecule has 0 radical (unpaired) electrons. The van der Waals surface area contributed by atoms with E-state index in [1.165, 1.54) is 0 Å². The molecule has 6 heteroatoms. The van der Waals surface area contributed by atoms with Crippen LogP contribution in [0.4, 0.5) is 0 Å². The number of benzene rings is 2. The van der Waals surface area contributed by atoms with Crippen molar-refractivity contribution >= 4 is 55.1 Å². The lowest BCUT2D eigenvalue weighted by molar-refractivity contribution is 0.482. The molecule has 0 saturated carbocycles. The molecule has 0 spiro atoms. The second-order valence-electron chi connectivity index (χ2n) is 4.27. The van der Waals surface area contributed by atoms with Crippen molar-refractivity contribution in [3.8, 4) is 11.5 Å². The quantitative estimate of drug-likeness (QED) is 0.567. The molecule has 1 atom stereocenters. The Morgan fingerprint density at radius 1 is 1.05 bits per heavy atom. The van der Waals surface area contributed by atoms with Gasteiger partial charge in [0.15, 0.2) is 0 Å². The largest absolute Gasteiger partial charge is 0.456 e. The first-order chi connectivity index (χ1) is 9.38. The zero-order valence-electron chi connectivity index (χ0n) is 10.5. The van der Waals surface area contributed by atoms with Crippen LogP contribution in [0.1, 0.15) is 18.5 Å². The third-order valence-corrected chi connectivity index (χ3v) is 4.84. The van der Waals surface area contributed by atoms with Crippen LogP contribution >= 0.6 is 55.1 Å². The highest BCUT2D eigenvalue weighted by atomic mass is 79.9. The first-order valence-electron chi connectivity index (χ1n) is 5.76. The van der Waals surface area contributed by atoms with E-state index >= 15 is 0 Å². The highest BCUT2D eigenvalue weighted by molar-refractivity contribution is 9.10. The van der Waals surface area contributed by atoms with Crippen molar-refractivity contribution in [3.05, 3.63) is 54.9 Å². The maximum atomic E-state index is 6.13. The van der Waals surface area contributed by atoms with Crippen LogP contribution in [-0.2, 0) is 0 Å². The van der Waals surface area contributed by atoms with E-state index in [2.05, 4.69) is 31.9 Å². The number of ether oxygens (including phenoxy) is 1. The third-order valence-electron chi connectivity index (χ3n) is 2.67. The van der Waals surface area contributed by atoms with E-state index in [1.807, 2.05) is 25.1 Å². The maximum Gasteiger partial charge on any atom is 0.147 e. The van der Waals surface area contributed by atoms with E-state index in [0.29, 0.717) is 21.5 Å². The fourth-order valence-electron chi connectivity index (χ4n) is 1.65. The standard InChI is InChI=1S/C14H11Br2Cl2NO/c1-7(19)9-3-2-8(4-10(9)15)20-14-6-12(17)11(16)5-13(14)18/h2-7H,19H2,1H3. The van der Waals surface area contributed by atoms with Gasteiger partial charge in [0.25, 0.3) is 0 Å². The van der Waals surface area contributed by atoms with E-state index in [4.69, 9.17) is 33.7 Å². The van der Waals surface area contributed by atoms with Gasteiger partial charge in [0, 0.05) is 21.1 Å². The predicted molar refractivity (Wildman–Crippen MR) is 91.0 cm³/mol. The van der Waals surface area contributed by atoms with Gasteiger partial charge in [0.1, 0.15) is 11.5 Å².